The van der Waals surface area contributed by atoms with Crippen molar-refractivity contribution < 1.29 is 14.3 Å². The number of thiophene rings is 1. The molecule has 98 valence electrons. The third kappa shape index (κ3) is 1.19. The molecule has 1 aliphatic heterocycles. The van der Waals surface area contributed by atoms with Gasteiger partial charge >= 0.3 is 6.09 Å². The van der Waals surface area contributed by atoms with E-state index in [2.05, 4.69) is 0 Å². The van der Waals surface area contributed by atoms with Gasteiger partial charge in [0.15, 0.2) is 5.78 Å². The molecule has 0 aromatic carbocycles. The molecule has 5 heteroatoms. The molecule has 0 N–H and O–H groups in total. The van der Waals surface area contributed by atoms with Crippen molar-refractivity contribution in [1.29, 1.82) is 0 Å². The van der Waals surface area contributed by atoms with Gasteiger partial charge in [0.1, 0.15) is 0 Å². The molecule has 4 nitrogen and oxygen atoms in total. The SMILES string of the molecule is COC(=O)N1CC2CC23C1=CC(=O)c1cc(C)sc13. The molecule has 1 aromatic heterocycles. The van der Waals surface area contributed by atoms with Crippen molar-refractivity contribution in [3.05, 3.63) is 33.2 Å². The van der Waals surface area contributed by atoms with Gasteiger partial charge in [0.05, 0.1) is 12.5 Å². The number of rotatable bonds is 0. The average Bonchev–Trinajstić information content (AvgIpc) is 2.79. The lowest BCUT2D eigenvalue weighted by atomic mass is 9.88. The molecule has 1 aromatic rings. The second kappa shape index (κ2) is 3.28. The standard InChI is InChI=1S/C14H13NO3S/c1-7-3-9-10(16)4-11-14(12(9)19-7)5-8(14)6-15(11)13(17)18-2/h3-4,8H,5-6H2,1-2H3. The molecule has 1 saturated carbocycles. The third-order valence-electron chi connectivity index (χ3n) is 4.44. The van der Waals surface area contributed by atoms with Crippen LogP contribution in [-0.4, -0.2) is 30.4 Å². The maximum absolute atomic E-state index is 12.2. The maximum Gasteiger partial charge on any atom is 0.413 e. The number of aryl methyl sites for hydroxylation is 1. The highest BCUT2D eigenvalue weighted by molar-refractivity contribution is 7.12. The minimum atomic E-state index is -0.359. The Hall–Kier alpha value is -1.62. The molecule has 2 unspecified atom stereocenters. The molecule has 0 bridgehead atoms. The molecule has 2 aliphatic carbocycles. The van der Waals surface area contributed by atoms with Crippen LogP contribution in [0.15, 0.2) is 17.8 Å². The van der Waals surface area contributed by atoms with Gasteiger partial charge in [-0.25, -0.2) is 4.79 Å². The lowest BCUT2D eigenvalue weighted by molar-refractivity contribution is 0.103. The molecule has 2 atom stereocenters. The summed E-state index contributed by atoms with van der Waals surface area (Å²) < 4.78 is 4.82. The summed E-state index contributed by atoms with van der Waals surface area (Å²) in [6, 6.07) is 1.97. The van der Waals surface area contributed by atoms with Crippen LogP contribution in [-0.2, 0) is 10.2 Å². The molecule has 2 fully saturated rings. The molecule has 19 heavy (non-hydrogen) atoms. The second-order valence-corrected chi connectivity index (χ2v) is 6.70. The summed E-state index contributed by atoms with van der Waals surface area (Å²) in [6.45, 7) is 2.69. The van der Waals surface area contributed by atoms with Gasteiger partial charge in [0.2, 0.25) is 0 Å². The van der Waals surface area contributed by atoms with E-state index in [-0.39, 0.29) is 17.3 Å². The number of fused-ring (bicyclic) bond motifs is 1. The van der Waals surface area contributed by atoms with Crippen LogP contribution < -0.4 is 0 Å². The number of nitrogens with zero attached hydrogens (tertiary/aromatic N) is 1. The Morgan fingerprint density at radius 1 is 1.58 bits per heavy atom. The number of piperidine rings is 1. The van der Waals surface area contributed by atoms with Crippen LogP contribution in [0, 0.1) is 12.8 Å². The van der Waals surface area contributed by atoms with Gasteiger partial charge in [0, 0.05) is 33.6 Å². The molecular formula is C14H13NO3S. The van der Waals surface area contributed by atoms with Crippen LogP contribution in [0.3, 0.4) is 0 Å². The third-order valence-corrected chi connectivity index (χ3v) is 5.67. The van der Waals surface area contributed by atoms with Gasteiger partial charge in [-0.3, -0.25) is 9.69 Å². The zero-order valence-electron chi connectivity index (χ0n) is 10.7. The quantitative estimate of drug-likeness (QED) is 0.730. The summed E-state index contributed by atoms with van der Waals surface area (Å²) in [5, 5.41) is 0. The second-order valence-electron chi connectivity index (χ2n) is 5.45. The van der Waals surface area contributed by atoms with E-state index in [0.717, 1.165) is 27.4 Å². The van der Waals surface area contributed by atoms with Gasteiger partial charge < -0.3 is 4.74 Å². The average molecular weight is 275 g/mol. The van der Waals surface area contributed by atoms with Crippen LogP contribution in [0.2, 0.25) is 0 Å². The number of carbonyl (C=O) groups excluding carboxylic acids is 2. The number of carbonyl (C=O) groups is 2. The first-order valence-corrected chi connectivity index (χ1v) is 7.12. The zero-order valence-corrected chi connectivity index (χ0v) is 11.5. The van der Waals surface area contributed by atoms with Crippen LogP contribution in [0.25, 0.3) is 0 Å². The van der Waals surface area contributed by atoms with E-state index in [1.165, 1.54) is 7.11 Å². The number of hydrogen-bond acceptors (Lipinski definition) is 4. The van der Waals surface area contributed by atoms with Gasteiger partial charge in [0.25, 0.3) is 0 Å². The Morgan fingerprint density at radius 2 is 2.37 bits per heavy atom. The normalized spacial score (nSPS) is 30.4. The van der Waals surface area contributed by atoms with Crippen molar-refractivity contribution in [2.24, 2.45) is 5.92 Å². The molecule has 2 heterocycles. The molecule has 3 aliphatic rings. The number of ether oxygens (including phenoxy) is 1. The summed E-state index contributed by atoms with van der Waals surface area (Å²) in [7, 11) is 1.38. The lowest BCUT2D eigenvalue weighted by Crippen LogP contribution is -2.33. The molecule has 1 amide bonds. The van der Waals surface area contributed by atoms with Gasteiger partial charge in [-0.2, -0.15) is 0 Å². The highest BCUT2D eigenvalue weighted by Crippen LogP contribution is 2.67. The van der Waals surface area contributed by atoms with E-state index in [1.54, 1.807) is 22.3 Å². The van der Waals surface area contributed by atoms with Crippen LogP contribution in [0.1, 0.15) is 26.5 Å². The predicted molar refractivity (Wildman–Crippen MR) is 70.4 cm³/mol. The highest BCUT2D eigenvalue weighted by atomic mass is 32.1. The predicted octanol–water partition coefficient (Wildman–Crippen LogP) is 2.48. The van der Waals surface area contributed by atoms with Crippen molar-refractivity contribution in [2.75, 3.05) is 13.7 Å². The minimum absolute atomic E-state index is 0.0152. The first-order valence-electron chi connectivity index (χ1n) is 6.31. The fourth-order valence-corrected chi connectivity index (χ4v) is 4.84. The summed E-state index contributed by atoms with van der Waals surface area (Å²) in [4.78, 5) is 28.0. The number of allylic oxidation sites excluding steroid dienone is 2. The highest BCUT2D eigenvalue weighted by Gasteiger charge is 2.68. The summed E-state index contributed by atoms with van der Waals surface area (Å²) in [5.74, 6) is 0.462. The Morgan fingerprint density at radius 3 is 3.11 bits per heavy atom. The monoisotopic (exact) mass is 275 g/mol. The fraction of sp³-hybridized carbons (Fsp3) is 0.429. The van der Waals surface area contributed by atoms with Crippen molar-refractivity contribution in [3.63, 3.8) is 0 Å². The largest absolute Gasteiger partial charge is 0.452 e. The summed E-state index contributed by atoms with van der Waals surface area (Å²) in [5.41, 5.74) is 1.61. The molecule has 0 radical (unpaired) electrons. The summed E-state index contributed by atoms with van der Waals surface area (Å²) >= 11 is 1.69. The van der Waals surface area contributed by atoms with Crippen LogP contribution >= 0.6 is 11.3 Å². The van der Waals surface area contributed by atoms with E-state index >= 15 is 0 Å². The topological polar surface area (TPSA) is 46.6 Å². The van der Waals surface area contributed by atoms with Gasteiger partial charge in [-0.1, -0.05) is 0 Å². The van der Waals surface area contributed by atoms with Crippen molar-refractivity contribution in [1.82, 2.24) is 4.90 Å². The van der Waals surface area contributed by atoms with Crippen LogP contribution in [0.5, 0.6) is 0 Å². The van der Waals surface area contributed by atoms with Gasteiger partial charge in [-0.05, 0) is 25.3 Å². The van der Waals surface area contributed by atoms with Gasteiger partial charge in [-0.15, -0.1) is 11.3 Å². The zero-order chi connectivity index (χ0) is 13.4. The molecular weight excluding hydrogens is 262 g/mol. The minimum Gasteiger partial charge on any atom is -0.452 e. The molecule has 4 rings (SSSR count). The Balaban J connectivity index is 1.88. The lowest BCUT2D eigenvalue weighted by Gasteiger charge is -2.26. The van der Waals surface area contributed by atoms with Crippen molar-refractivity contribution >= 4 is 23.2 Å². The number of likely N-dealkylation sites (tertiary alicyclic amines) is 1. The first kappa shape index (κ1) is 11.2. The smallest absolute Gasteiger partial charge is 0.413 e. The fourth-order valence-electron chi connectivity index (χ4n) is 3.54. The molecule has 1 saturated heterocycles. The Bertz CT molecular complexity index is 660. The van der Waals surface area contributed by atoms with E-state index in [9.17, 15) is 9.59 Å². The summed E-state index contributed by atoms with van der Waals surface area (Å²) in [6.07, 6.45) is 2.33. The van der Waals surface area contributed by atoms with E-state index in [1.807, 2.05) is 13.0 Å². The number of hydrogen-bond donors (Lipinski definition) is 0. The van der Waals surface area contributed by atoms with E-state index < -0.39 is 0 Å². The van der Waals surface area contributed by atoms with Crippen molar-refractivity contribution in [2.45, 2.75) is 18.8 Å². The Labute approximate surface area is 114 Å². The van der Waals surface area contributed by atoms with Crippen LogP contribution in [0.4, 0.5) is 4.79 Å². The first-order chi connectivity index (χ1) is 9.07. The van der Waals surface area contributed by atoms with E-state index in [0.29, 0.717) is 12.5 Å². The molecule has 1 spiro atoms. The van der Waals surface area contributed by atoms with E-state index in [4.69, 9.17) is 4.74 Å². The Kier molecular flexibility index (Phi) is 1.94. The number of ketones is 1. The number of amides is 1. The van der Waals surface area contributed by atoms with Crippen molar-refractivity contribution in [3.8, 4) is 0 Å². The number of methoxy groups -OCH3 is 1. The maximum atomic E-state index is 12.2.